The van der Waals surface area contributed by atoms with Crippen LogP contribution in [0.5, 0.6) is 0 Å². The van der Waals surface area contributed by atoms with E-state index >= 15 is 0 Å². The zero-order valence-corrected chi connectivity index (χ0v) is 12.1. The summed E-state index contributed by atoms with van der Waals surface area (Å²) < 4.78 is 2.91. The summed E-state index contributed by atoms with van der Waals surface area (Å²) >= 11 is 2.21. The maximum atomic E-state index is 12.1. The van der Waals surface area contributed by atoms with Gasteiger partial charge in [0.05, 0.1) is 5.69 Å². The second kappa shape index (κ2) is 5.43. The number of carbonyl (C=O) groups excluding carboxylic acids is 1. The highest BCUT2D eigenvalue weighted by Gasteiger charge is 2.12. The Hall–Kier alpha value is -1.50. The van der Waals surface area contributed by atoms with Gasteiger partial charge >= 0.3 is 0 Å². The van der Waals surface area contributed by atoms with Gasteiger partial charge in [-0.2, -0.15) is 0 Å². The van der Waals surface area contributed by atoms with Crippen LogP contribution < -0.4 is 11.1 Å². The molecule has 4 nitrogen and oxygen atoms in total. The normalized spacial score (nSPS) is 10.3. The number of halogens is 1. The fraction of sp³-hybridized carbons (Fsp3) is 0.154. The predicted molar refractivity (Wildman–Crippen MR) is 81.6 cm³/mol. The largest absolute Gasteiger partial charge is 0.397 e. The Morgan fingerprint density at radius 3 is 2.89 bits per heavy atom. The van der Waals surface area contributed by atoms with Gasteiger partial charge in [-0.05, 0) is 53.8 Å². The average molecular weight is 355 g/mol. The molecule has 0 fully saturated rings. The van der Waals surface area contributed by atoms with Crippen LogP contribution in [-0.4, -0.2) is 10.5 Å². The highest BCUT2D eigenvalue weighted by atomic mass is 127. The molecule has 1 heterocycles. The summed E-state index contributed by atoms with van der Waals surface area (Å²) in [5.74, 6) is -0.143. The molecular weight excluding hydrogens is 341 g/mol. The Kier molecular flexibility index (Phi) is 3.90. The molecule has 2 aromatic rings. The van der Waals surface area contributed by atoms with E-state index in [-0.39, 0.29) is 5.91 Å². The maximum Gasteiger partial charge on any atom is 0.272 e. The number of hydrogen-bond acceptors (Lipinski definition) is 2. The van der Waals surface area contributed by atoms with Gasteiger partial charge in [0, 0.05) is 22.0 Å². The summed E-state index contributed by atoms with van der Waals surface area (Å²) in [4.78, 5) is 12.1. The smallest absolute Gasteiger partial charge is 0.272 e. The van der Waals surface area contributed by atoms with Crippen molar-refractivity contribution in [1.29, 1.82) is 0 Å². The van der Waals surface area contributed by atoms with Gasteiger partial charge in [-0.3, -0.25) is 4.79 Å². The number of hydrogen-bond donors (Lipinski definition) is 2. The topological polar surface area (TPSA) is 60.0 Å². The van der Waals surface area contributed by atoms with Crippen molar-refractivity contribution in [3.05, 3.63) is 45.8 Å². The molecule has 0 unspecified atom stereocenters. The van der Waals surface area contributed by atoms with Crippen LogP contribution in [0.1, 0.15) is 17.4 Å². The van der Waals surface area contributed by atoms with Crippen molar-refractivity contribution < 1.29 is 4.79 Å². The summed E-state index contributed by atoms with van der Waals surface area (Å²) in [5.41, 5.74) is 7.67. The molecule has 0 spiro atoms. The summed E-state index contributed by atoms with van der Waals surface area (Å²) in [6.07, 6.45) is 1.77. The van der Waals surface area contributed by atoms with Crippen LogP contribution >= 0.6 is 22.6 Å². The van der Waals surface area contributed by atoms with Gasteiger partial charge in [0.15, 0.2) is 0 Å². The number of benzene rings is 1. The van der Waals surface area contributed by atoms with E-state index in [4.69, 9.17) is 5.73 Å². The van der Waals surface area contributed by atoms with Crippen LogP contribution in [0.4, 0.5) is 11.4 Å². The van der Waals surface area contributed by atoms with E-state index < -0.39 is 0 Å². The first kappa shape index (κ1) is 12.9. The molecule has 0 saturated heterocycles. The second-order valence-electron chi connectivity index (χ2n) is 3.91. The van der Waals surface area contributed by atoms with Gasteiger partial charge in [0.25, 0.3) is 5.91 Å². The van der Waals surface area contributed by atoms with Crippen molar-refractivity contribution in [3.63, 3.8) is 0 Å². The summed E-state index contributed by atoms with van der Waals surface area (Å²) in [5, 5.41) is 2.87. The van der Waals surface area contributed by atoms with Gasteiger partial charge in [0.2, 0.25) is 0 Å². The number of amides is 1. The lowest BCUT2D eigenvalue weighted by atomic mass is 10.3. The molecule has 5 heteroatoms. The molecule has 0 aliphatic carbocycles. The average Bonchev–Trinajstić information content (AvgIpc) is 2.70. The number of nitrogen functional groups attached to an aromatic ring is 1. The molecule has 0 bridgehead atoms. The van der Waals surface area contributed by atoms with Gasteiger partial charge in [-0.25, -0.2) is 0 Å². The molecule has 18 heavy (non-hydrogen) atoms. The molecule has 0 aliphatic rings. The lowest BCUT2D eigenvalue weighted by Gasteiger charge is -2.07. The monoisotopic (exact) mass is 355 g/mol. The minimum Gasteiger partial charge on any atom is -0.397 e. The van der Waals surface area contributed by atoms with Crippen molar-refractivity contribution in [1.82, 2.24) is 4.57 Å². The second-order valence-corrected chi connectivity index (χ2v) is 5.15. The van der Waals surface area contributed by atoms with Gasteiger partial charge in [-0.1, -0.05) is 6.07 Å². The zero-order valence-electron chi connectivity index (χ0n) is 9.98. The zero-order chi connectivity index (χ0) is 13.1. The number of carbonyl (C=O) groups is 1. The summed E-state index contributed by atoms with van der Waals surface area (Å²) in [6, 6.07) is 9.35. The van der Waals surface area contributed by atoms with Crippen LogP contribution in [0, 0.1) is 3.57 Å². The van der Waals surface area contributed by atoms with Crippen LogP contribution in [0.15, 0.2) is 36.5 Å². The van der Waals surface area contributed by atoms with E-state index in [0.717, 1.165) is 9.26 Å². The molecule has 0 aliphatic heterocycles. The van der Waals surface area contributed by atoms with Crippen molar-refractivity contribution in [2.45, 2.75) is 13.5 Å². The molecule has 2 rings (SSSR count). The number of aryl methyl sites for hydroxylation is 1. The molecule has 3 N–H and O–H groups in total. The number of nitrogens with zero attached hydrogens (tertiary/aromatic N) is 1. The minimum atomic E-state index is -0.143. The fourth-order valence-electron chi connectivity index (χ4n) is 1.75. The van der Waals surface area contributed by atoms with Gasteiger partial charge in [-0.15, -0.1) is 0 Å². The molecule has 1 aromatic heterocycles. The van der Waals surface area contributed by atoms with Crippen LogP contribution in [-0.2, 0) is 6.54 Å². The van der Waals surface area contributed by atoms with E-state index in [1.165, 1.54) is 0 Å². The quantitative estimate of drug-likeness (QED) is 0.832. The third-order valence-corrected chi connectivity index (χ3v) is 3.24. The Morgan fingerprint density at radius 2 is 2.22 bits per heavy atom. The summed E-state index contributed by atoms with van der Waals surface area (Å²) in [7, 11) is 0. The summed E-state index contributed by atoms with van der Waals surface area (Å²) in [6.45, 7) is 2.69. The third-order valence-electron chi connectivity index (χ3n) is 2.57. The number of anilines is 2. The van der Waals surface area contributed by atoms with Gasteiger partial charge in [0.1, 0.15) is 5.69 Å². The van der Waals surface area contributed by atoms with Crippen molar-refractivity contribution in [2.75, 3.05) is 11.1 Å². The number of nitrogens with two attached hydrogens (primary N) is 1. The first-order valence-electron chi connectivity index (χ1n) is 5.62. The van der Waals surface area contributed by atoms with Crippen LogP contribution in [0.3, 0.4) is 0 Å². The third kappa shape index (κ3) is 2.84. The lowest BCUT2D eigenvalue weighted by Crippen LogP contribution is -2.16. The SMILES string of the molecule is CCn1cc(N)cc1C(=O)Nc1cccc(I)c1. The lowest BCUT2D eigenvalue weighted by molar-refractivity contribution is 0.101. The first-order chi connectivity index (χ1) is 8.60. The van der Waals surface area contributed by atoms with Gasteiger partial charge < -0.3 is 15.6 Å². The highest BCUT2D eigenvalue weighted by Crippen LogP contribution is 2.16. The molecule has 0 radical (unpaired) electrons. The Morgan fingerprint density at radius 1 is 1.44 bits per heavy atom. The van der Waals surface area contributed by atoms with E-state index in [0.29, 0.717) is 17.9 Å². The van der Waals surface area contributed by atoms with Crippen molar-refractivity contribution >= 4 is 39.9 Å². The number of rotatable bonds is 3. The van der Waals surface area contributed by atoms with E-state index in [2.05, 4.69) is 27.9 Å². The Bertz CT molecular complexity index is 577. The molecular formula is C13H14IN3O. The maximum absolute atomic E-state index is 12.1. The van der Waals surface area contributed by atoms with Crippen LogP contribution in [0.25, 0.3) is 0 Å². The molecule has 1 amide bonds. The Balaban J connectivity index is 2.21. The highest BCUT2D eigenvalue weighted by molar-refractivity contribution is 14.1. The first-order valence-corrected chi connectivity index (χ1v) is 6.70. The minimum absolute atomic E-state index is 0.143. The van der Waals surface area contributed by atoms with Crippen molar-refractivity contribution in [3.8, 4) is 0 Å². The fourth-order valence-corrected chi connectivity index (χ4v) is 2.29. The Labute approximate surface area is 119 Å². The van der Waals surface area contributed by atoms with E-state index in [9.17, 15) is 4.79 Å². The molecule has 94 valence electrons. The standard InChI is InChI=1S/C13H14IN3O/c1-2-17-8-10(15)7-12(17)13(18)16-11-5-3-4-9(14)6-11/h3-8H,2,15H2,1H3,(H,16,18). The number of nitrogens with one attached hydrogen (secondary N) is 1. The van der Waals surface area contributed by atoms with Crippen LogP contribution in [0.2, 0.25) is 0 Å². The molecule has 0 saturated carbocycles. The molecule has 1 aromatic carbocycles. The van der Waals surface area contributed by atoms with E-state index in [1.54, 1.807) is 12.3 Å². The predicted octanol–water partition coefficient (Wildman–Crippen LogP) is 2.95. The van der Waals surface area contributed by atoms with E-state index in [1.807, 2.05) is 35.8 Å². The molecule has 0 atom stereocenters. The van der Waals surface area contributed by atoms with Crippen molar-refractivity contribution in [2.24, 2.45) is 0 Å². The number of aromatic nitrogens is 1.